The fourth-order valence-electron chi connectivity index (χ4n) is 1.40. The maximum absolute atomic E-state index is 11.4. The van der Waals surface area contributed by atoms with Gasteiger partial charge in [-0.1, -0.05) is 35.0 Å². The van der Waals surface area contributed by atoms with Crippen molar-refractivity contribution in [2.24, 2.45) is 5.92 Å². The average Bonchev–Trinajstić information content (AvgIpc) is 2.32. The Bertz CT molecular complexity index is 351. The predicted molar refractivity (Wildman–Crippen MR) is 71.6 cm³/mol. The van der Waals surface area contributed by atoms with Gasteiger partial charge in [-0.05, 0) is 24.6 Å². The first-order chi connectivity index (χ1) is 8.13. The van der Waals surface area contributed by atoms with Gasteiger partial charge in [-0.3, -0.25) is 4.79 Å². The van der Waals surface area contributed by atoms with Crippen molar-refractivity contribution in [3.8, 4) is 0 Å². The molecule has 0 heterocycles. The fraction of sp³-hybridized carbons (Fsp3) is 0.462. The molecule has 0 aliphatic carbocycles. The van der Waals surface area contributed by atoms with E-state index in [2.05, 4.69) is 21.2 Å². The second-order valence-corrected chi connectivity index (χ2v) is 4.83. The van der Waals surface area contributed by atoms with E-state index < -0.39 is 0 Å². The van der Waals surface area contributed by atoms with E-state index in [1.807, 2.05) is 38.1 Å². The number of esters is 1. The summed E-state index contributed by atoms with van der Waals surface area (Å²) in [5.41, 5.74) is 1.20. The summed E-state index contributed by atoms with van der Waals surface area (Å²) in [6.45, 7) is 5.52. The molecule has 1 aromatic carbocycles. The summed E-state index contributed by atoms with van der Waals surface area (Å²) in [5, 5.41) is 3.24. The van der Waals surface area contributed by atoms with E-state index in [1.165, 1.54) is 5.56 Å². The third-order valence-corrected chi connectivity index (χ3v) is 2.91. The van der Waals surface area contributed by atoms with Crippen LogP contribution in [0.5, 0.6) is 0 Å². The Kier molecular flexibility index (Phi) is 6.22. The van der Waals surface area contributed by atoms with Gasteiger partial charge in [0.1, 0.15) is 0 Å². The topological polar surface area (TPSA) is 38.3 Å². The molecule has 0 amide bonds. The summed E-state index contributed by atoms with van der Waals surface area (Å²) >= 11 is 3.39. The molecule has 0 saturated heterocycles. The standard InChI is InChI=1S/C13H18BrNO2/c1-3-17-13(16)10(2)8-15-9-11-4-6-12(14)7-5-11/h4-7,10,15H,3,8-9H2,1-2H3. The van der Waals surface area contributed by atoms with Gasteiger partial charge in [0.2, 0.25) is 0 Å². The zero-order valence-corrected chi connectivity index (χ0v) is 11.8. The Morgan fingerprint density at radius 2 is 2.06 bits per heavy atom. The van der Waals surface area contributed by atoms with Crippen LogP contribution in [0.25, 0.3) is 0 Å². The van der Waals surface area contributed by atoms with Crippen molar-refractivity contribution in [2.75, 3.05) is 13.2 Å². The first-order valence-corrected chi connectivity index (χ1v) is 6.54. The number of nitrogens with one attached hydrogen (secondary N) is 1. The van der Waals surface area contributed by atoms with Gasteiger partial charge in [-0.15, -0.1) is 0 Å². The molecule has 0 aliphatic heterocycles. The molecular formula is C13H18BrNO2. The van der Waals surface area contributed by atoms with Crippen molar-refractivity contribution in [3.05, 3.63) is 34.3 Å². The number of halogens is 1. The van der Waals surface area contributed by atoms with Crippen LogP contribution in [0.2, 0.25) is 0 Å². The molecule has 1 unspecified atom stereocenters. The Balaban J connectivity index is 2.27. The number of carbonyl (C=O) groups excluding carboxylic acids is 1. The molecule has 0 saturated carbocycles. The zero-order valence-electron chi connectivity index (χ0n) is 10.2. The summed E-state index contributed by atoms with van der Waals surface area (Å²) < 4.78 is 6.01. The minimum Gasteiger partial charge on any atom is -0.466 e. The van der Waals surface area contributed by atoms with Crippen LogP contribution < -0.4 is 5.32 Å². The van der Waals surface area contributed by atoms with Gasteiger partial charge in [-0.25, -0.2) is 0 Å². The Morgan fingerprint density at radius 1 is 1.41 bits per heavy atom. The first kappa shape index (κ1) is 14.2. The summed E-state index contributed by atoms with van der Waals surface area (Å²) in [5.74, 6) is -0.249. The van der Waals surface area contributed by atoms with E-state index in [4.69, 9.17) is 4.74 Å². The second kappa shape index (κ2) is 7.45. The van der Waals surface area contributed by atoms with Gasteiger partial charge in [0.05, 0.1) is 12.5 Å². The van der Waals surface area contributed by atoms with E-state index in [0.29, 0.717) is 13.2 Å². The molecule has 1 aromatic rings. The summed E-state index contributed by atoms with van der Waals surface area (Å²) in [7, 11) is 0. The lowest BCUT2D eigenvalue weighted by Crippen LogP contribution is -2.27. The van der Waals surface area contributed by atoms with Gasteiger partial charge < -0.3 is 10.1 Å². The maximum Gasteiger partial charge on any atom is 0.309 e. The van der Waals surface area contributed by atoms with Gasteiger partial charge in [0.15, 0.2) is 0 Å². The number of carbonyl (C=O) groups is 1. The average molecular weight is 300 g/mol. The smallest absolute Gasteiger partial charge is 0.309 e. The van der Waals surface area contributed by atoms with E-state index in [0.717, 1.165) is 11.0 Å². The van der Waals surface area contributed by atoms with Crippen LogP contribution in [0.1, 0.15) is 19.4 Å². The van der Waals surface area contributed by atoms with Crippen molar-refractivity contribution in [1.29, 1.82) is 0 Å². The van der Waals surface area contributed by atoms with Gasteiger partial charge in [0.25, 0.3) is 0 Å². The molecule has 0 radical (unpaired) electrons. The fourth-order valence-corrected chi connectivity index (χ4v) is 1.67. The molecule has 1 atom stereocenters. The highest BCUT2D eigenvalue weighted by molar-refractivity contribution is 9.10. The third-order valence-electron chi connectivity index (χ3n) is 2.38. The number of hydrogen-bond acceptors (Lipinski definition) is 3. The van der Waals surface area contributed by atoms with E-state index >= 15 is 0 Å². The Morgan fingerprint density at radius 3 is 2.65 bits per heavy atom. The molecule has 1 N–H and O–H groups in total. The molecule has 3 nitrogen and oxygen atoms in total. The molecular weight excluding hydrogens is 282 g/mol. The Hall–Kier alpha value is -0.870. The van der Waals surface area contributed by atoms with Crippen molar-refractivity contribution in [1.82, 2.24) is 5.32 Å². The van der Waals surface area contributed by atoms with Crippen LogP contribution in [-0.4, -0.2) is 19.1 Å². The lowest BCUT2D eigenvalue weighted by molar-refractivity contribution is -0.147. The molecule has 0 aliphatic rings. The molecule has 17 heavy (non-hydrogen) atoms. The van der Waals surface area contributed by atoms with Crippen LogP contribution in [0.15, 0.2) is 28.7 Å². The second-order valence-electron chi connectivity index (χ2n) is 3.91. The van der Waals surface area contributed by atoms with Crippen molar-refractivity contribution < 1.29 is 9.53 Å². The largest absolute Gasteiger partial charge is 0.466 e. The number of hydrogen-bond donors (Lipinski definition) is 1. The lowest BCUT2D eigenvalue weighted by atomic mass is 10.1. The minimum atomic E-state index is -0.143. The third kappa shape index (κ3) is 5.33. The van der Waals surface area contributed by atoms with Crippen LogP contribution in [0, 0.1) is 5.92 Å². The quantitative estimate of drug-likeness (QED) is 0.821. The van der Waals surface area contributed by atoms with Gasteiger partial charge in [-0.2, -0.15) is 0 Å². The molecule has 94 valence electrons. The van der Waals surface area contributed by atoms with Gasteiger partial charge in [0, 0.05) is 17.6 Å². The summed E-state index contributed by atoms with van der Waals surface area (Å²) in [4.78, 5) is 11.4. The molecule has 4 heteroatoms. The first-order valence-electron chi connectivity index (χ1n) is 5.75. The predicted octanol–water partition coefficient (Wildman–Crippen LogP) is 2.74. The maximum atomic E-state index is 11.4. The molecule has 0 spiro atoms. The zero-order chi connectivity index (χ0) is 12.7. The highest BCUT2D eigenvalue weighted by Crippen LogP contribution is 2.10. The minimum absolute atomic E-state index is 0.106. The van der Waals surface area contributed by atoms with Crippen LogP contribution in [-0.2, 0) is 16.1 Å². The SMILES string of the molecule is CCOC(=O)C(C)CNCc1ccc(Br)cc1. The van der Waals surface area contributed by atoms with Crippen molar-refractivity contribution in [3.63, 3.8) is 0 Å². The van der Waals surface area contributed by atoms with Crippen LogP contribution >= 0.6 is 15.9 Å². The molecule has 1 rings (SSSR count). The lowest BCUT2D eigenvalue weighted by Gasteiger charge is -2.11. The van der Waals surface area contributed by atoms with E-state index in [-0.39, 0.29) is 11.9 Å². The number of benzene rings is 1. The highest BCUT2D eigenvalue weighted by Gasteiger charge is 2.12. The van der Waals surface area contributed by atoms with Crippen LogP contribution in [0.4, 0.5) is 0 Å². The van der Waals surface area contributed by atoms with Gasteiger partial charge >= 0.3 is 5.97 Å². The van der Waals surface area contributed by atoms with Crippen molar-refractivity contribution in [2.45, 2.75) is 20.4 Å². The number of rotatable bonds is 6. The highest BCUT2D eigenvalue weighted by atomic mass is 79.9. The summed E-state index contributed by atoms with van der Waals surface area (Å²) in [6.07, 6.45) is 0. The summed E-state index contributed by atoms with van der Waals surface area (Å²) in [6, 6.07) is 8.11. The molecule has 0 aromatic heterocycles. The van der Waals surface area contributed by atoms with Crippen molar-refractivity contribution >= 4 is 21.9 Å². The molecule has 0 bridgehead atoms. The van der Waals surface area contributed by atoms with Crippen LogP contribution in [0.3, 0.4) is 0 Å². The normalized spacial score (nSPS) is 12.2. The van der Waals surface area contributed by atoms with E-state index in [1.54, 1.807) is 0 Å². The molecule has 0 fully saturated rings. The number of ether oxygens (including phenoxy) is 1. The monoisotopic (exact) mass is 299 g/mol. The van der Waals surface area contributed by atoms with E-state index in [9.17, 15) is 4.79 Å². The Labute approximate surface area is 111 Å².